The fourth-order valence-electron chi connectivity index (χ4n) is 3.85. The number of hydrogen-bond acceptors (Lipinski definition) is 6. The Labute approximate surface area is 171 Å². The summed E-state index contributed by atoms with van der Waals surface area (Å²) in [4.78, 5) is 51.9. The smallest absolute Gasteiger partial charge is 0.341 e. The van der Waals surface area contributed by atoms with Crippen molar-refractivity contribution in [3.05, 3.63) is 51.4 Å². The van der Waals surface area contributed by atoms with Gasteiger partial charge in [0.2, 0.25) is 5.91 Å². The Kier molecular flexibility index (Phi) is 4.96. The van der Waals surface area contributed by atoms with Crippen molar-refractivity contribution in [3.63, 3.8) is 0 Å². The molecule has 1 aromatic carbocycles. The third-order valence-corrected chi connectivity index (χ3v) is 6.50. The number of nitrogens with one attached hydrogen (secondary N) is 1. The molecule has 0 bridgehead atoms. The quantitative estimate of drug-likeness (QED) is 0.616. The van der Waals surface area contributed by atoms with Crippen molar-refractivity contribution in [2.45, 2.75) is 26.2 Å². The molecule has 2 aromatic rings. The lowest BCUT2D eigenvalue weighted by molar-refractivity contribution is -0.116. The van der Waals surface area contributed by atoms with Crippen LogP contribution < -0.4 is 5.32 Å². The van der Waals surface area contributed by atoms with Gasteiger partial charge in [0, 0.05) is 4.88 Å². The van der Waals surface area contributed by atoms with Crippen LogP contribution in [-0.4, -0.2) is 42.2 Å². The summed E-state index contributed by atoms with van der Waals surface area (Å²) in [5, 5.41) is 3.14. The van der Waals surface area contributed by atoms with Crippen LogP contribution in [-0.2, 0) is 22.4 Å². The van der Waals surface area contributed by atoms with Crippen molar-refractivity contribution in [1.29, 1.82) is 0 Å². The number of thiophene rings is 1. The number of methoxy groups -OCH3 is 1. The lowest BCUT2D eigenvalue weighted by Crippen LogP contribution is -2.37. The largest absolute Gasteiger partial charge is 0.465 e. The predicted octanol–water partition coefficient (Wildman–Crippen LogP) is 2.89. The Morgan fingerprint density at radius 2 is 1.86 bits per heavy atom. The summed E-state index contributed by atoms with van der Waals surface area (Å²) >= 11 is 1.36. The fourth-order valence-corrected chi connectivity index (χ4v) is 5.26. The minimum atomic E-state index is -0.531. The highest BCUT2D eigenvalue weighted by atomic mass is 32.1. The number of benzene rings is 1. The Morgan fingerprint density at radius 3 is 2.48 bits per heavy atom. The molecule has 1 atom stereocenters. The standard InChI is InChI=1S/C21H20N2O5S/c1-11-7-8-14-15(9-11)29-18(17(14)21(27)28-2)22-16(24)10-23-19(25)12-5-3-4-6-13(12)20(23)26/h3-6,11H,7-10H2,1-2H3,(H,22,24)/t11-/m1/s1. The second kappa shape index (κ2) is 7.44. The zero-order valence-electron chi connectivity index (χ0n) is 16.1. The number of fused-ring (bicyclic) bond motifs is 2. The normalized spacial score (nSPS) is 17.7. The number of imide groups is 1. The maximum atomic E-state index is 12.6. The highest BCUT2D eigenvalue weighted by Gasteiger charge is 2.37. The van der Waals surface area contributed by atoms with Gasteiger partial charge in [0.05, 0.1) is 23.8 Å². The monoisotopic (exact) mass is 412 g/mol. The molecule has 29 heavy (non-hydrogen) atoms. The van der Waals surface area contributed by atoms with Gasteiger partial charge in [0.25, 0.3) is 11.8 Å². The van der Waals surface area contributed by atoms with E-state index in [0.717, 1.165) is 34.6 Å². The van der Waals surface area contributed by atoms with E-state index in [2.05, 4.69) is 12.2 Å². The zero-order chi connectivity index (χ0) is 20.7. The average molecular weight is 412 g/mol. The molecule has 2 heterocycles. The van der Waals surface area contributed by atoms with Gasteiger partial charge < -0.3 is 10.1 Å². The Bertz CT molecular complexity index is 1010. The van der Waals surface area contributed by atoms with Crippen molar-refractivity contribution in [2.75, 3.05) is 19.0 Å². The molecule has 0 fully saturated rings. The van der Waals surface area contributed by atoms with Crippen molar-refractivity contribution in [3.8, 4) is 0 Å². The summed E-state index contributed by atoms with van der Waals surface area (Å²) in [5.74, 6) is -1.50. The molecular formula is C21H20N2O5S. The molecular weight excluding hydrogens is 392 g/mol. The molecule has 1 N–H and O–H groups in total. The number of esters is 1. The molecule has 0 saturated heterocycles. The lowest BCUT2D eigenvalue weighted by atomic mass is 9.88. The van der Waals surface area contributed by atoms with E-state index in [1.807, 2.05) is 0 Å². The highest BCUT2D eigenvalue weighted by molar-refractivity contribution is 7.17. The van der Waals surface area contributed by atoms with Crippen LogP contribution in [0.25, 0.3) is 0 Å². The molecule has 8 heteroatoms. The zero-order valence-corrected chi connectivity index (χ0v) is 16.9. The molecule has 0 spiro atoms. The SMILES string of the molecule is COC(=O)c1c(NC(=O)CN2C(=O)c3ccccc3C2=O)sc2c1CC[C@@H](C)C2. The number of nitrogens with zero attached hydrogens (tertiary/aromatic N) is 1. The molecule has 0 radical (unpaired) electrons. The molecule has 0 saturated carbocycles. The van der Waals surface area contributed by atoms with Crippen LogP contribution in [0, 0.1) is 5.92 Å². The van der Waals surface area contributed by atoms with Crippen molar-refractivity contribution in [1.82, 2.24) is 4.90 Å². The van der Waals surface area contributed by atoms with Crippen molar-refractivity contribution < 1.29 is 23.9 Å². The van der Waals surface area contributed by atoms with Crippen LogP contribution >= 0.6 is 11.3 Å². The maximum Gasteiger partial charge on any atom is 0.341 e. The van der Waals surface area contributed by atoms with E-state index >= 15 is 0 Å². The molecule has 150 valence electrons. The van der Waals surface area contributed by atoms with E-state index in [1.165, 1.54) is 18.4 Å². The minimum absolute atomic E-state index is 0.293. The lowest BCUT2D eigenvalue weighted by Gasteiger charge is -2.18. The van der Waals surface area contributed by atoms with E-state index in [1.54, 1.807) is 24.3 Å². The first-order valence-corrected chi connectivity index (χ1v) is 10.2. The van der Waals surface area contributed by atoms with Gasteiger partial charge in [-0.1, -0.05) is 19.1 Å². The van der Waals surface area contributed by atoms with Crippen LogP contribution in [0.5, 0.6) is 0 Å². The Balaban J connectivity index is 1.56. The van der Waals surface area contributed by atoms with Crippen molar-refractivity contribution in [2.24, 2.45) is 5.92 Å². The highest BCUT2D eigenvalue weighted by Crippen LogP contribution is 2.40. The third kappa shape index (κ3) is 3.33. The van der Waals surface area contributed by atoms with E-state index in [9.17, 15) is 19.2 Å². The molecule has 2 aliphatic rings. The molecule has 3 amide bonds. The minimum Gasteiger partial charge on any atom is -0.465 e. The van der Waals surface area contributed by atoms with Gasteiger partial charge in [0.15, 0.2) is 0 Å². The summed E-state index contributed by atoms with van der Waals surface area (Å²) in [6, 6.07) is 6.48. The summed E-state index contributed by atoms with van der Waals surface area (Å²) in [7, 11) is 1.31. The van der Waals surface area contributed by atoms with Crippen LogP contribution in [0.15, 0.2) is 24.3 Å². The van der Waals surface area contributed by atoms with Crippen LogP contribution in [0.1, 0.15) is 54.9 Å². The number of rotatable bonds is 4. The number of ether oxygens (including phenoxy) is 1. The first-order valence-electron chi connectivity index (χ1n) is 9.38. The number of carbonyl (C=O) groups is 4. The third-order valence-electron chi connectivity index (χ3n) is 5.33. The summed E-state index contributed by atoms with van der Waals surface area (Å²) < 4.78 is 4.92. The van der Waals surface area contributed by atoms with Crippen molar-refractivity contribution >= 4 is 40.0 Å². The number of anilines is 1. The van der Waals surface area contributed by atoms with Crippen LogP contribution in [0.3, 0.4) is 0 Å². The van der Waals surface area contributed by atoms with Gasteiger partial charge in [-0.25, -0.2) is 4.79 Å². The second-order valence-corrected chi connectivity index (χ2v) is 8.44. The average Bonchev–Trinajstić information content (AvgIpc) is 3.17. The van der Waals surface area contributed by atoms with E-state index in [0.29, 0.717) is 27.6 Å². The fraction of sp³-hybridized carbons (Fsp3) is 0.333. The van der Waals surface area contributed by atoms with Gasteiger partial charge >= 0.3 is 5.97 Å². The van der Waals surface area contributed by atoms with Crippen LogP contribution in [0.2, 0.25) is 0 Å². The van der Waals surface area contributed by atoms with E-state index < -0.39 is 30.2 Å². The summed E-state index contributed by atoms with van der Waals surface area (Å²) in [6.07, 6.45) is 2.57. The second-order valence-electron chi connectivity index (χ2n) is 7.34. The van der Waals surface area contributed by atoms with Crippen LogP contribution in [0.4, 0.5) is 5.00 Å². The Morgan fingerprint density at radius 1 is 1.21 bits per heavy atom. The summed E-state index contributed by atoms with van der Waals surface area (Å²) in [5.41, 5.74) is 1.90. The number of amides is 3. The number of carbonyl (C=O) groups excluding carboxylic acids is 4. The molecule has 1 aliphatic heterocycles. The topological polar surface area (TPSA) is 92.8 Å². The molecule has 7 nitrogen and oxygen atoms in total. The predicted molar refractivity (Wildman–Crippen MR) is 107 cm³/mol. The molecule has 1 aromatic heterocycles. The molecule has 4 rings (SSSR count). The van der Waals surface area contributed by atoms with Gasteiger partial charge in [-0.2, -0.15) is 0 Å². The van der Waals surface area contributed by atoms with Gasteiger partial charge in [0.1, 0.15) is 11.5 Å². The first-order chi connectivity index (χ1) is 13.9. The van der Waals surface area contributed by atoms with E-state index in [-0.39, 0.29) is 0 Å². The summed E-state index contributed by atoms with van der Waals surface area (Å²) in [6.45, 7) is 1.74. The Hall–Kier alpha value is -3.00. The maximum absolute atomic E-state index is 12.6. The first kappa shape index (κ1) is 19.3. The number of hydrogen-bond donors (Lipinski definition) is 1. The molecule has 1 aliphatic carbocycles. The molecule has 0 unspecified atom stereocenters. The van der Waals surface area contributed by atoms with Gasteiger partial charge in [-0.15, -0.1) is 11.3 Å². The van der Waals surface area contributed by atoms with Gasteiger partial charge in [-0.05, 0) is 42.9 Å². The van der Waals surface area contributed by atoms with Gasteiger partial charge in [-0.3, -0.25) is 19.3 Å². The van der Waals surface area contributed by atoms with E-state index in [4.69, 9.17) is 4.74 Å².